The lowest BCUT2D eigenvalue weighted by molar-refractivity contribution is 0.376. The van der Waals surface area contributed by atoms with Gasteiger partial charge in [-0.1, -0.05) is 41.5 Å². The lowest BCUT2D eigenvalue weighted by Crippen LogP contribution is -2.17. The lowest BCUT2D eigenvalue weighted by atomic mass is 9.81. The second-order valence-electron chi connectivity index (χ2n) is 6.75. The molecule has 1 rings (SSSR count). The molecule has 0 saturated heterocycles. The summed E-state index contributed by atoms with van der Waals surface area (Å²) in [7, 11) is 3.45. The highest BCUT2D eigenvalue weighted by Gasteiger charge is 2.26. The molecule has 1 aromatic carbocycles. The van der Waals surface area contributed by atoms with E-state index in [1.165, 1.54) is 11.1 Å². The second kappa shape index (κ2) is 4.83. The molecule has 0 bridgehead atoms. The number of rotatable bonds is 2. The van der Waals surface area contributed by atoms with E-state index in [4.69, 9.17) is 9.47 Å². The van der Waals surface area contributed by atoms with Gasteiger partial charge in [0, 0.05) is 11.1 Å². The van der Waals surface area contributed by atoms with Crippen LogP contribution in [-0.2, 0) is 10.8 Å². The fourth-order valence-corrected chi connectivity index (χ4v) is 2.07. The quantitative estimate of drug-likeness (QED) is 0.779. The van der Waals surface area contributed by atoms with E-state index in [1.807, 2.05) is 0 Å². The average molecular weight is 250 g/mol. The van der Waals surface area contributed by atoms with Gasteiger partial charge < -0.3 is 9.47 Å². The highest BCUT2D eigenvalue weighted by Crippen LogP contribution is 2.40. The zero-order valence-corrected chi connectivity index (χ0v) is 13.0. The van der Waals surface area contributed by atoms with Gasteiger partial charge in [-0.3, -0.25) is 0 Å². The second-order valence-corrected chi connectivity index (χ2v) is 6.75. The first-order valence-electron chi connectivity index (χ1n) is 6.38. The normalized spacial score (nSPS) is 12.4. The molecule has 2 nitrogen and oxygen atoms in total. The molecular weight excluding hydrogens is 224 g/mol. The molecule has 1 aromatic rings. The van der Waals surface area contributed by atoms with Gasteiger partial charge in [0.15, 0.2) is 0 Å². The summed E-state index contributed by atoms with van der Waals surface area (Å²) in [4.78, 5) is 0. The Morgan fingerprint density at radius 2 is 0.944 bits per heavy atom. The minimum absolute atomic E-state index is 0.0367. The Morgan fingerprint density at radius 3 is 1.11 bits per heavy atom. The average Bonchev–Trinajstić information content (AvgIpc) is 2.24. The molecule has 0 N–H and O–H groups in total. The SMILES string of the molecule is COc1cc(C(C)(C)C)c(OC)cc1C(C)(C)C. The summed E-state index contributed by atoms with van der Waals surface area (Å²) in [5.41, 5.74) is 2.43. The molecule has 0 aliphatic carbocycles. The number of hydrogen-bond donors (Lipinski definition) is 0. The van der Waals surface area contributed by atoms with Gasteiger partial charge in [-0.05, 0) is 23.0 Å². The monoisotopic (exact) mass is 250 g/mol. The van der Waals surface area contributed by atoms with Crippen LogP contribution < -0.4 is 9.47 Å². The first kappa shape index (κ1) is 14.9. The molecule has 0 aromatic heterocycles. The topological polar surface area (TPSA) is 18.5 Å². The molecule has 102 valence electrons. The van der Waals surface area contributed by atoms with Crippen LogP contribution in [-0.4, -0.2) is 14.2 Å². The van der Waals surface area contributed by atoms with Crippen molar-refractivity contribution in [3.8, 4) is 11.5 Å². The minimum atomic E-state index is 0.0367. The van der Waals surface area contributed by atoms with Gasteiger partial charge >= 0.3 is 0 Å². The van der Waals surface area contributed by atoms with Crippen molar-refractivity contribution < 1.29 is 9.47 Å². The van der Waals surface area contributed by atoms with Crippen LogP contribution in [0, 0.1) is 0 Å². The van der Waals surface area contributed by atoms with Gasteiger partial charge in [0.25, 0.3) is 0 Å². The van der Waals surface area contributed by atoms with Crippen LogP contribution in [0.25, 0.3) is 0 Å². The maximum atomic E-state index is 5.55. The van der Waals surface area contributed by atoms with Crippen molar-refractivity contribution in [3.05, 3.63) is 23.3 Å². The third-order valence-electron chi connectivity index (χ3n) is 3.14. The Morgan fingerprint density at radius 1 is 0.667 bits per heavy atom. The summed E-state index contributed by atoms with van der Waals surface area (Å²) >= 11 is 0. The highest BCUT2D eigenvalue weighted by molar-refractivity contribution is 5.51. The third-order valence-corrected chi connectivity index (χ3v) is 3.14. The highest BCUT2D eigenvalue weighted by atomic mass is 16.5. The van der Waals surface area contributed by atoms with Crippen molar-refractivity contribution in [1.29, 1.82) is 0 Å². The van der Waals surface area contributed by atoms with Crippen molar-refractivity contribution in [2.75, 3.05) is 14.2 Å². The Balaban J connectivity index is 3.52. The maximum Gasteiger partial charge on any atom is 0.123 e. The largest absolute Gasteiger partial charge is 0.496 e. The first-order chi connectivity index (χ1) is 8.11. The summed E-state index contributed by atoms with van der Waals surface area (Å²) in [5.74, 6) is 1.88. The van der Waals surface area contributed by atoms with Crippen molar-refractivity contribution in [1.82, 2.24) is 0 Å². The van der Waals surface area contributed by atoms with E-state index in [0.717, 1.165) is 11.5 Å². The molecule has 2 heteroatoms. The molecule has 0 spiro atoms. The van der Waals surface area contributed by atoms with E-state index in [9.17, 15) is 0 Å². The molecule has 0 saturated carbocycles. The molecule has 0 unspecified atom stereocenters. The van der Waals surface area contributed by atoms with Crippen LogP contribution >= 0.6 is 0 Å². The van der Waals surface area contributed by atoms with Crippen LogP contribution in [0.5, 0.6) is 11.5 Å². The van der Waals surface area contributed by atoms with Gasteiger partial charge in [-0.2, -0.15) is 0 Å². The number of methoxy groups -OCH3 is 2. The van der Waals surface area contributed by atoms with E-state index in [1.54, 1.807) is 14.2 Å². The molecule has 0 fully saturated rings. The van der Waals surface area contributed by atoms with Crippen LogP contribution in [0.3, 0.4) is 0 Å². The molecule has 0 aliphatic rings. The Bertz CT molecular complexity index is 378. The van der Waals surface area contributed by atoms with Crippen molar-refractivity contribution in [2.24, 2.45) is 0 Å². The predicted molar refractivity (Wildman–Crippen MR) is 76.9 cm³/mol. The Kier molecular flexibility index (Phi) is 3.99. The zero-order chi connectivity index (χ0) is 14.1. The van der Waals surface area contributed by atoms with Gasteiger partial charge in [0.2, 0.25) is 0 Å². The van der Waals surface area contributed by atoms with Gasteiger partial charge in [0.05, 0.1) is 14.2 Å². The van der Waals surface area contributed by atoms with E-state index >= 15 is 0 Å². The molecule has 18 heavy (non-hydrogen) atoms. The summed E-state index contributed by atoms with van der Waals surface area (Å²) in [6, 6.07) is 4.22. The summed E-state index contributed by atoms with van der Waals surface area (Å²) in [6.45, 7) is 13.1. The fraction of sp³-hybridized carbons (Fsp3) is 0.625. The van der Waals surface area contributed by atoms with Gasteiger partial charge in [0.1, 0.15) is 11.5 Å². The fourth-order valence-electron chi connectivity index (χ4n) is 2.07. The van der Waals surface area contributed by atoms with Crippen molar-refractivity contribution in [2.45, 2.75) is 52.4 Å². The standard InChI is InChI=1S/C16H26O2/c1-15(2,3)11-9-14(18-8)12(16(4,5)6)10-13(11)17-7/h9-10H,1-8H3. The smallest absolute Gasteiger partial charge is 0.123 e. The number of hydrogen-bond acceptors (Lipinski definition) is 2. The van der Waals surface area contributed by atoms with Crippen molar-refractivity contribution >= 4 is 0 Å². The Hall–Kier alpha value is -1.18. The zero-order valence-electron chi connectivity index (χ0n) is 13.0. The van der Waals surface area contributed by atoms with E-state index in [0.29, 0.717) is 0 Å². The summed E-state index contributed by atoms with van der Waals surface area (Å²) < 4.78 is 11.1. The third kappa shape index (κ3) is 2.98. The van der Waals surface area contributed by atoms with Gasteiger partial charge in [-0.15, -0.1) is 0 Å². The molecule has 0 radical (unpaired) electrons. The van der Waals surface area contributed by atoms with E-state index in [2.05, 4.69) is 53.7 Å². The molecule has 0 amide bonds. The minimum Gasteiger partial charge on any atom is -0.496 e. The maximum absolute atomic E-state index is 5.55. The van der Waals surface area contributed by atoms with Crippen LogP contribution in [0.1, 0.15) is 52.7 Å². The molecule has 0 atom stereocenters. The van der Waals surface area contributed by atoms with Crippen molar-refractivity contribution in [3.63, 3.8) is 0 Å². The van der Waals surface area contributed by atoms with Crippen LogP contribution in [0.2, 0.25) is 0 Å². The van der Waals surface area contributed by atoms with Crippen LogP contribution in [0.15, 0.2) is 12.1 Å². The van der Waals surface area contributed by atoms with E-state index in [-0.39, 0.29) is 10.8 Å². The van der Waals surface area contributed by atoms with Crippen LogP contribution in [0.4, 0.5) is 0 Å². The first-order valence-corrected chi connectivity index (χ1v) is 6.38. The molecule has 0 heterocycles. The molecular formula is C16H26O2. The van der Waals surface area contributed by atoms with E-state index < -0.39 is 0 Å². The lowest BCUT2D eigenvalue weighted by Gasteiger charge is -2.28. The summed E-state index contributed by atoms with van der Waals surface area (Å²) in [5, 5.41) is 0. The number of ether oxygens (including phenoxy) is 2. The summed E-state index contributed by atoms with van der Waals surface area (Å²) in [6.07, 6.45) is 0. The van der Waals surface area contributed by atoms with Gasteiger partial charge in [-0.25, -0.2) is 0 Å². The predicted octanol–water partition coefficient (Wildman–Crippen LogP) is 4.30. The molecule has 0 aliphatic heterocycles. The number of benzene rings is 1. The Labute approximate surface area is 111 Å².